The summed E-state index contributed by atoms with van der Waals surface area (Å²) in [6.07, 6.45) is 1.38. The summed E-state index contributed by atoms with van der Waals surface area (Å²) in [6, 6.07) is 6.97. The molecule has 8 heteroatoms. The molecule has 1 rings (SSSR count). The zero-order valence-corrected chi connectivity index (χ0v) is 13.8. The molecular weight excluding hydrogens is 322 g/mol. The molecule has 0 radical (unpaired) electrons. The van der Waals surface area contributed by atoms with Gasteiger partial charge in [0.25, 0.3) is 0 Å². The minimum atomic E-state index is -3.52. The number of nitrogens with zero attached hydrogens (tertiary/aromatic N) is 1. The minimum Gasteiger partial charge on any atom is -0.469 e. The van der Waals surface area contributed by atoms with Crippen LogP contribution in [-0.2, 0) is 19.4 Å². The number of nitro groups is 1. The van der Waals surface area contributed by atoms with Crippen LogP contribution in [-0.4, -0.2) is 38.2 Å². The molecule has 0 N–H and O–H groups in total. The third-order valence-corrected chi connectivity index (χ3v) is 5.28. The van der Waals surface area contributed by atoms with Crippen molar-refractivity contribution in [2.24, 2.45) is 0 Å². The van der Waals surface area contributed by atoms with Crippen LogP contribution in [0.15, 0.2) is 35.2 Å². The molecule has 0 aliphatic carbocycles. The van der Waals surface area contributed by atoms with Crippen LogP contribution in [0.1, 0.15) is 32.1 Å². The first-order chi connectivity index (χ1) is 10.9. The number of carbonyl (C=O) groups excluding carboxylic acids is 1. The fourth-order valence-corrected chi connectivity index (χ4v) is 3.53. The maximum Gasteiger partial charge on any atom is 0.305 e. The number of unbranched alkanes of at least 4 members (excludes halogenated alkanes) is 1. The molecule has 0 aromatic heterocycles. The smallest absolute Gasteiger partial charge is 0.305 e. The molecule has 128 valence electrons. The standard InChI is InChI=1S/C15H21NO6S/c1-22-15(17)10-6-5-7-13(16(18)19)11-12-23(20,21)14-8-3-2-4-9-14/h2-4,8-9,13H,5-7,10-12H2,1H3. The highest BCUT2D eigenvalue weighted by atomic mass is 32.2. The lowest BCUT2D eigenvalue weighted by molar-refractivity contribution is -0.523. The molecule has 1 unspecified atom stereocenters. The Morgan fingerprint density at radius 2 is 1.87 bits per heavy atom. The van der Waals surface area contributed by atoms with Gasteiger partial charge >= 0.3 is 5.97 Å². The molecule has 0 aliphatic heterocycles. The van der Waals surface area contributed by atoms with Crippen LogP contribution in [0.5, 0.6) is 0 Å². The first-order valence-corrected chi connectivity index (χ1v) is 9.00. The van der Waals surface area contributed by atoms with E-state index in [0.717, 1.165) is 0 Å². The van der Waals surface area contributed by atoms with Gasteiger partial charge in [-0.15, -0.1) is 0 Å². The normalized spacial score (nSPS) is 12.6. The minimum absolute atomic E-state index is 0.0392. The van der Waals surface area contributed by atoms with Crippen molar-refractivity contribution in [2.75, 3.05) is 12.9 Å². The molecule has 0 spiro atoms. The van der Waals surface area contributed by atoms with Crippen LogP contribution in [0.4, 0.5) is 0 Å². The van der Waals surface area contributed by atoms with E-state index in [2.05, 4.69) is 4.74 Å². The second kappa shape index (κ2) is 9.24. The van der Waals surface area contributed by atoms with E-state index in [1.807, 2.05) is 0 Å². The van der Waals surface area contributed by atoms with Gasteiger partial charge in [0, 0.05) is 24.2 Å². The molecule has 0 fully saturated rings. The summed E-state index contributed by atoms with van der Waals surface area (Å²) in [4.78, 5) is 21.8. The average molecular weight is 343 g/mol. The van der Waals surface area contributed by atoms with Crippen molar-refractivity contribution in [1.29, 1.82) is 0 Å². The van der Waals surface area contributed by atoms with Crippen molar-refractivity contribution < 1.29 is 22.9 Å². The zero-order valence-electron chi connectivity index (χ0n) is 13.0. The van der Waals surface area contributed by atoms with E-state index in [9.17, 15) is 23.3 Å². The fraction of sp³-hybridized carbons (Fsp3) is 0.533. The van der Waals surface area contributed by atoms with E-state index < -0.39 is 20.8 Å². The summed E-state index contributed by atoms with van der Waals surface area (Å²) in [7, 11) is -2.23. The lowest BCUT2D eigenvalue weighted by Gasteiger charge is -2.10. The van der Waals surface area contributed by atoms with Crippen molar-refractivity contribution in [3.8, 4) is 0 Å². The average Bonchev–Trinajstić information content (AvgIpc) is 2.54. The summed E-state index contributed by atoms with van der Waals surface area (Å²) in [5, 5.41) is 11.1. The van der Waals surface area contributed by atoms with Gasteiger partial charge < -0.3 is 4.74 Å². The first kappa shape index (κ1) is 19.1. The Kier molecular flexibility index (Phi) is 7.67. The van der Waals surface area contributed by atoms with E-state index in [-0.39, 0.29) is 35.9 Å². The van der Waals surface area contributed by atoms with Gasteiger partial charge in [0.15, 0.2) is 9.84 Å². The number of benzene rings is 1. The van der Waals surface area contributed by atoms with Crippen molar-refractivity contribution in [3.63, 3.8) is 0 Å². The summed E-state index contributed by atoms with van der Waals surface area (Å²) < 4.78 is 28.8. The molecule has 0 saturated carbocycles. The number of esters is 1. The molecule has 1 atom stereocenters. The molecule has 0 amide bonds. The van der Waals surface area contributed by atoms with Gasteiger partial charge in [-0.3, -0.25) is 14.9 Å². The van der Waals surface area contributed by atoms with Crippen molar-refractivity contribution in [1.82, 2.24) is 0 Å². The van der Waals surface area contributed by atoms with Gasteiger partial charge in [0.2, 0.25) is 6.04 Å². The van der Waals surface area contributed by atoms with E-state index in [1.165, 1.54) is 19.2 Å². The second-order valence-electron chi connectivity index (χ2n) is 5.18. The molecule has 0 bridgehead atoms. The zero-order chi connectivity index (χ0) is 17.3. The largest absolute Gasteiger partial charge is 0.469 e. The topological polar surface area (TPSA) is 104 Å². The van der Waals surface area contributed by atoms with Crippen LogP contribution in [0.3, 0.4) is 0 Å². The number of methoxy groups -OCH3 is 1. The van der Waals surface area contributed by atoms with Crippen molar-refractivity contribution >= 4 is 15.8 Å². The Bertz CT molecular complexity index is 614. The molecule has 0 aliphatic rings. The predicted molar refractivity (Wildman–Crippen MR) is 84.4 cm³/mol. The van der Waals surface area contributed by atoms with E-state index in [0.29, 0.717) is 12.8 Å². The van der Waals surface area contributed by atoms with Crippen LogP contribution >= 0.6 is 0 Å². The number of ether oxygens (including phenoxy) is 1. The lowest BCUT2D eigenvalue weighted by atomic mass is 10.1. The van der Waals surface area contributed by atoms with Crippen molar-refractivity contribution in [3.05, 3.63) is 40.4 Å². The Balaban J connectivity index is 2.50. The van der Waals surface area contributed by atoms with Crippen molar-refractivity contribution in [2.45, 2.75) is 43.0 Å². The molecule has 1 aromatic carbocycles. The van der Waals surface area contributed by atoms with E-state index in [4.69, 9.17) is 0 Å². The van der Waals surface area contributed by atoms with Gasteiger partial charge in [-0.2, -0.15) is 0 Å². The predicted octanol–water partition coefficient (Wildman–Crippen LogP) is 2.23. The quantitative estimate of drug-likeness (QED) is 0.279. The van der Waals surface area contributed by atoms with E-state index in [1.54, 1.807) is 18.2 Å². The Morgan fingerprint density at radius 1 is 1.22 bits per heavy atom. The Morgan fingerprint density at radius 3 is 2.43 bits per heavy atom. The van der Waals surface area contributed by atoms with Gasteiger partial charge in [-0.25, -0.2) is 8.42 Å². The number of carbonyl (C=O) groups is 1. The fourth-order valence-electron chi connectivity index (χ4n) is 2.14. The van der Waals surface area contributed by atoms with Crippen LogP contribution < -0.4 is 0 Å². The van der Waals surface area contributed by atoms with Gasteiger partial charge in [-0.05, 0) is 25.0 Å². The molecule has 7 nitrogen and oxygen atoms in total. The maximum atomic E-state index is 12.1. The first-order valence-electron chi connectivity index (χ1n) is 7.35. The van der Waals surface area contributed by atoms with E-state index >= 15 is 0 Å². The Labute approximate surface area is 135 Å². The highest BCUT2D eigenvalue weighted by Gasteiger charge is 2.24. The number of sulfone groups is 1. The number of rotatable bonds is 10. The lowest BCUT2D eigenvalue weighted by Crippen LogP contribution is -2.23. The van der Waals surface area contributed by atoms with Crippen LogP contribution in [0.25, 0.3) is 0 Å². The molecule has 23 heavy (non-hydrogen) atoms. The SMILES string of the molecule is COC(=O)CCCCC(CCS(=O)(=O)c1ccccc1)[N+](=O)[O-]. The highest BCUT2D eigenvalue weighted by Crippen LogP contribution is 2.16. The van der Waals surface area contributed by atoms with Gasteiger partial charge in [0.05, 0.1) is 17.8 Å². The Hall–Kier alpha value is -1.96. The highest BCUT2D eigenvalue weighted by molar-refractivity contribution is 7.91. The molecule has 0 heterocycles. The molecular formula is C15H21NO6S. The monoisotopic (exact) mass is 343 g/mol. The van der Waals surface area contributed by atoms with Gasteiger partial charge in [0.1, 0.15) is 0 Å². The third kappa shape index (κ3) is 6.77. The number of hydrogen-bond donors (Lipinski definition) is 0. The van der Waals surface area contributed by atoms with Gasteiger partial charge in [-0.1, -0.05) is 18.2 Å². The second-order valence-corrected chi connectivity index (χ2v) is 7.29. The summed E-state index contributed by atoms with van der Waals surface area (Å²) in [5.41, 5.74) is 0. The van der Waals surface area contributed by atoms with Crippen LogP contribution in [0, 0.1) is 10.1 Å². The third-order valence-electron chi connectivity index (χ3n) is 3.52. The summed E-state index contributed by atoms with van der Waals surface area (Å²) >= 11 is 0. The molecule has 1 aromatic rings. The van der Waals surface area contributed by atoms with Crippen LogP contribution in [0.2, 0.25) is 0 Å². The maximum absolute atomic E-state index is 12.1. The molecule has 0 saturated heterocycles. The summed E-state index contributed by atoms with van der Waals surface area (Å²) in [6.45, 7) is 0. The summed E-state index contributed by atoms with van der Waals surface area (Å²) in [5.74, 6) is -0.617. The number of hydrogen-bond acceptors (Lipinski definition) is 6.